The topological polar surface area (TPSA) is 89.0 Å². The minimum Gasteiger partial charge on any atom is -0.493 e. The lowest BCUT2D eigenvalue weighted by molar-refractivity contribution is -0.136. The second-order valence-corrected chi connectivity index (χ2v) is 5.66. The molecule has 0 unspecified atom stereocenters. The van der Waals surface area contributed by atoms with Crippen LogP contribution < -0.4 is 20.2 Å². The van der Waals surface area contributed by atoms with Gasteiger partial charge < -0.3 is 14.8 Å². The first kappa shape index (κ1) is 18.5. The highest BCUT2D eigenvalue weighted by Crippen LogP contribution is 2.29. The van der Waals surface area contributed by atoms with Crippen molar-refractivity contribution in [2.75, 3.05) is 19.5 Å². The maximum atomic E-state index is 11.8. The predicted octanol–water partition coefficient (Wildman–Crippen LogP) is 2.56. The van der Waals surface area contributed by atoms with E-state index < -0.39 is 11.8 Å². The zero-order valence-electron chi connectivity index (χ0n) is 13.6. The Labute approximate surface area is 153 Å². The number of para-hydroxylation sites is 1. The van der Waals surface area contributed by atoms with Crippen molar-refractivity contribution in [1.82, 2.24) is 5.43 Å². The molecule has 0 atom stereocenters. The summed E-state index contributed by atoms with van der Waals surface area (Å²) in [6.45, 7) is 0. The number of carbonyl (C=O) groups excluding carboxylic acids is 2. The van der Waals surface area contributed by atoms with Crippen molar-refractivity contribution in [3.63, 3.8) is 0 Å². The summed E-state index contributed by atoms with van der Waals surface area (Å²) in [6, 6.07) is 12.1. The molecule has 130 valence electrons. The van der Waals surface area contributed by atoms with Crippen LogP contribution in [0.15, 0.2) is 52.0 Å². The molecule has 0 fully saturated rings. The fourth-order valence-electron chi connectivity index (χ4n) is 1.95. The monoisotopic (exact) mass is 405 g/mol. The minimum atomic E-state index is -0.888. The molecule has 0 aliphatic rings. The third kappa shape index (κ3) is 5.05. The molecular formula is C17H16BrN3O4. The molecule has 0 aliphatic carbocycles. The maximum Gasteiger partial charge on any atom is 0.329 e. The zero-order valence-corrected chi connectivity index (χ0v) is 15.2. The largest absolute Gasteiger partial charge is 0.493 e. The second kappa shape index (κ2) is 8.84. The number of hydrazone groups is 1. The van der Waals surface area contributed by atoms with Crippen LogP contribution in [0.5, 0.6) is 11.5 Å². The van der Waals surface area contributed by atoms with Gasteiger partial charge in [0.2, 0.25) is 0 Å². The van der Waals surface area contributed by atoms with Gasteiger partial charge in [-0.3, -0.25) is 9.59 Å². The molecule has 2 aromatic rings. The van der Waals surface area contributed by atoms with Crippen molar-refractivity contribution in [3.8, 4) is 11.5 Å². The molecule has 0 saturated heterocycles. The van der Waals surface area contributed by atoms with Crippen molar-refractivity contribution < 1.29 is 19.1 Å². The van der Waals surface area contributed by atoms with Gasteiger partial charge in [0.25, 0.3) is 0 Å². The molecule has 25 heavy (non-hydrogen) atoms. The van der Waals surface area contributed by atoms with Gasteiger partial charge in [-0.15, -0.1) is 0 Å². The van der Waals surface area contributed by atoms with Gasteiger partial charge in [0.1, 0.15) is 0 Å². The molecule has 7 nitrogen and oxygen atoms in total. The molecule has 0 bridgehead atoms. The van der Waals surface area contributed by atoms with E-state index in [0.717, 1.165) is 4.47 Å². The number of carbonyl (C=O) groups is 2. The van der Waals surface area contributed by atoms with Crippen LogP contribution in [-0.2, 0) is 9.59 Å². The number of halogens is 1. The lowest BCUT2D eigenvalue weighted by Crippen LogP contribution is -2.32. The summed E-state index contributed by atoms with van der Waals surface area (Å²) in [6.07, 6.45) is 1.37. The van der Waals surface area contributed by atoms with E-state index in [0.29, 0.717) is 22.7 Å². The van der Waals surface area contributed by atoms with Crippen LogP contribution in [0.4, 0.5) is 5.69 Å². The van der Waals surface area contributed by atoms with Gasteiger partial charge in [-0.2, -0.15) is 5.10 Å². The SMILES string of the molecule is COc1cccc(/C=N\NC(=O)C(=O)Nc2ccc(Br)cc2)c1OC. The highest BCUT2D eigenvalue weighted by atomic mass is 79.9. The quantitative estimate of drug-likeness (QED) is 0.454. The normalized spacial score (nSPS) is 10.4. The van der Waals surface area contributed by atoms with E-state index >= 15 is 0 Å². The highest BCUT2D eigenvalue weighted by molar-refractivity contribution is 9.10. The third-order valence-corrected chi connectivity index (χ3v) is 3.64. The Kier molecular flexibility index (Phi) is 6.53. The predicted molar refractivity (Wildman–Crippen MR) is 98.1 cm³/mol. The Morgan fingerprint density at radius 1 is 1.04 bits per heavy atom. The maximum absolute atomic E-state index is 11.8. The molecule has 0 heterocycles. The lowest BCUT2D eigenvalue weighted by atomic mass is 10.2. The van der Waals surface area contributed by atoms with Crippen LogP contribution >= 0.6 is 15.9 Å². The Morgan fingerprint density at radius 2 is 1.76 bits per heavy atom. The fraction of sp³-hybridized carbons (Fsp3) is 0.118. The van der Waals surface area contributed by atoms with Gasteiger partial charge in [-0.1, -0.05) is 22.0 Å². The molecule has 0 spiro atoms. The molecule has 2 amide bonds. The Bertz CT molecular complexity index is 791. The second-order valence-electron chi connectivity index (χ2n) is 4.74. The van der Waals surface area contributed by atoms with Crippen LogP contribution in [0.25, 0.3) is 0 Å². The zero-order chi connectivity index (χ0) is 18.2. The number of amides is 2. The average molecular weight is 406 g/mol. The van der Waals surface area contributed by atoms with Crippen molar-refractivity contribution in [2.45, 2.75) is 0 Å². The lowest BCUT2D eigenvalue weighted by Gasteiger charge is -2.09. The minimum absolute atomic E-state index is 0.474. The van der Waals surface area contributed by atoms with Crippen molar-refractivity contribution in [3.05, 3.63) is 52.5 Å². The summed E-state index contributed by atoms with van der Waals surface area (Å²) in [5.74, 6) is -0.703. The van der Waals surface area contributed by atoms with E-state index in [2.05, 4.69) is 31.8 Å². The third-order valence-electron chi connectivity index (χ3n) is 3.11. The van der Waals surface area contributed by atoms with Crippen molar-refractivity contribution >= 4 is 39.6 Å². The Hall–Kier alpha value is -2.87. The first-order valence-corrected chi connectivity index (χ1v) is 7.95. The summed E-state index contributed by atoms with van der Waals surface area (Å²) in [4.78, 5) is 23.6. The molecule has 0 saturated carbocycles. The standard InChI is InChI=1S/C17H16BrN3O4/c1-24-14-5-3-4-11(15(14)25-2)10-19-21-17(23)16(22)20-13-8-6-12(18)7-9-13/h3-10H,1-2H3,(H,20,22)(H,21,23)/b19-10-. The van der Waals surface area contributed by atoms with Crippen LogP contribution in [-0.4, -0.2) is 32.2 Å². The fourth-order valence-corrected chi connectivity index (χ4v) is 2.21. The van der Waals surface area contributed by atoms with E-state index in [1.165, 1.54) is 20.4 Å². The number of nitrogens with one attached hydrogen (secondary N) is 2. The van der Waals surface area contributed by atoms with Crippen LogP contribution in [0.3, 0.4) is 0 Å². The number of ether oxygens (including phenoxy) is 2. The van der Waals surface area contributed by atoms with Gasteiger partial charge in [0.05, 0.1) is 20.4 Å². The summed E-state index contributed by atoms with van der Waals surface area (Å²) in [5, 5.41) is 6.24. The molecule has 8 heteroatoms. The van der Waals surface area contributed by atoms with Crippen LogP contribution in [0, 0.1) is 0 Å². The molecular weight excluding hydrogens is 390 g/mol. The molecule has 0 radical (unpaired) electrons. The summed E-state index contributed by atoms with van der Waals surface area (Å²) < 4.78 is 11.3. The van der Waals surface area contributed by atoms with E-state index in [4.69, 9.17) is 9.47 Å². The van der Waals surface area contributed by atoms with Crippen LogP contribution in [0.2, 0.25) is 0 Å². The Balaban J connectivity index is 1.98. The summed E-state index contributed by atoms with van der Waals surface area (Å²) >= 11 is 3.29. The van der Waals surface area contributed by atoms with E-state index in [1.54, 1.807) is 42.5 Å². The molecule has 2 N–H and O–H groups in total. The molecule has 0 aromatic heterocycles. The molecule has 2 rings (SSSR count). The summed E-state index contributed by atoms with van der Waals surface area (Å²) in [5.41, 5.74) is 3.26. The van der Waals surface area contributed by atoms with Crippen LogP contribution in [0.1, 0.15) is 5.56 Å². The number of benzene rings is 2. The first-order valence-electron chi connectivity index (χ1n) is 7.16. The van der Waals surface area contributed by atoms with Crippen molar-refractivity contribution in [1.29, 1.82) is 0 Å². The molecule has 0 aliphatic heterocycles. The van der Waals surface area contributed by atoms with E-state index in [1.807, 2.05) is 0 Å². The average Bonchev–Trinajstić information content (AvgIpc) is 2.63. The highest BCUT2D eigenvalue weighted by Gasteiger charge is 2.13. The number of hydrogen-bond donors (Lipinski definition) is 2. The van der Waals surface area contributed by atoms with Gasteiger partial charge >= 0.3 is 11.8 Å². The first-order chi connectivity index (χ1) is 12.0. The number of anilines is 1. The Morgan fingerprint density at radius 3 is 2.40 bits per heavy atom. The molecule has 2 aromatic carbocycles. The van der Waals surface area contributed by atoms with Gasteiger partial charge in [0.15, 0.2) is 11.5 Å². The van der Waals surface area contributed by atoms with E-state index in [9.17, 15) is 9.59 Å². The van der Waals surface area contributed by atoms with Gasteiger partial charge in [-0.05, 0) is 36.4 Å². The number of methoxy groups -OCH3 is 2. The smallest absolute Gasteiger partial charge is 0.329 e. The van der Waals surface area contributed by atoms with Gasteiger partial charge in [-0.25, -0.2) is 5.43 Å². The van der Waals surface area contributed by atoms with E-state index in [-0.39, 0.29) is 0 Å². The van der Waals surface area contributed by atoms with Crippen molar-refractivity contribution in [2.24, 2.45) is 5.10 Å². The number of nitrogens with zero attached hydrogens (tertiary/aromatic N) is 1. The number of hydrogen-bond acceptors (Lipinski definition) is 5. The summed E-state index contributed by atoms with van der Waals surface area (Å²) in [7, 11) is 3.02. The number of rotatable bonds is 5. The van der Waals surface area contributed by atoms with Gasteiger partial charge in [0, 0.05) is 15.7 Å².